The number of benzene rings is 2. The van der Waals surface area contributed by atoms with Gasteiger partial charge in [-0.05, 0) is 48.2 Å². The molecular weight excluding hydrogens is 368 g/mol. The zero-order valence-corrected chi connectivity index (χ0v) is 17.6. The van der Waals surface area contributed by atoms with Crippen LogP contribution in [0.1, 0.15) is 31.4 Å². The molecule has 29 heavy (non-hydrogen) atoms. The Morgan fingerprint density at radius 2 is 1.55 bits per heavy atom. The zero-order valence-electron chi connectivity index (χ0n) is 17.6. The van der Waals surface area contributed by atoms with E-state index in [0.717, 1.165) is 17.7 Å². The highest BCUT2D eigenvalue weighted by Crippen LogP contribution is 2.17. The first-order chi connectivity index (χ1) is 14.0. The van der Waals surface area contributed by atoms with Crippen molar-refractivity contribution in [2.24, 2.45) is 0 Å². The highest BCUT2D eigenvalue weighted by molar-refractivity contribution is 5.88. The minimum absolute atomic E-state index is 0.130. The second kappa shape index (κ2) is 11.1. The third-order valence-corrected chi connectivity index (χ3v) is 4.84. The molecular formula is C23H30N2O4. The van der Waals surface area contributed by atoms with Crippen molar-refractivity contribution in [2.45, 2.75) is 39.3 Å². The van der Waals surface area contributed by atoms with Crippen LogP contribution in [0.3, 0.4) is 0 Å². The quantitative estimate of drug-likeness (QED) is 0.667. The Labute approximate surface area is 172 Å². The number of hydrogen-bond acceptors (Lipinski definition) is 4. The van der Waals surface area contributed by atoms with Crippen LogP contribution in [-0.2, 0) is 22.6 Å². The Hall–Kier alpha value is -3.02. The van der Waals surface area contributed by atoms with Crippen LogP contribution >= 0.6 is 0 Å². The Morgan fingerprint density at radius 3 is 2.07 bits per heavy atom. The Morgan fingerprint density at radius 1 is 0.966 bits per heavy atom. The van der Waals surface area contributed by atoms with Crippen molar-refractivity contribution in [3.63, 3.8) is 0 Å². The number of likely N-dealkylation sites (N-methyl/N-ethyl adjacent to an activating group) is 1. The van der Waals surface area contributed by atoms with E-state index in [-0.39, 0.29) is 18.4 Å². The van der Waals surface area contributed by atoms with Gasteiger partial charge in [0.1, 0.15) is 17.5 Å². The lowest BCUT2D eigenvalue weighted by molar-refractivity contribution is -0.142. The van der Waals surface area contributed by atoms with Gasteiger partial charge in [0.15, 0.2) is 6.61 Å². The van der Waals surface area contributed by atoms with E-state index < -0.39 is 6.04 Å². The molecule has 0 unspecified atom stereocenters. The average Bonchev–Trinajstić information content (AvgIpc) is 2.77. The van der Waals surface area contributed by atoms with Gasteiger partial charge in [0.2, 0.25) is 5.91 Å². The molecule has 1 atom stereocenters. The monoisotopic (exact) mass is 398 g/mol. The minimum atomic E-state index is -0.569. The number of ether oxygens (including phenoxy) is 2. The topological polar surface area (TPSA) is 67.9 Å². The van der Waals surface area contributed by atoms with E-state index in [1.54, 1.807) is 19.1 Å². The van der Waals surface area contributed by atoms with E-state index in [2.05, 4.69) is 12.2 Å². The maximum atomic E-state index is 13.0. The third kappa shape index (κ3) is 6.24. The van der Waals surface area contributed by atoms with Crippen molar-refractivity contribution in [3.8, 4) is 11.5 Å². The van der Waals surface area contributed by atoms with Gasteiger partial charge in [0.05, 0.1) is 7.11 Å². The second-order valence-corrected chi connectivity index (χ2v) is 6.69. The smallest absolute Gasteiger partial charge is 0.261 e. The van der Waals surface area contributed by atoms with Crippen LogP contribution in [0.5, 0.6) is 11.5 Å². The van der Waals surface area contributed by atoms with E-state index in [4.69, 9.17) is 9.47 Å². The lowest BCUT2D eigenvalue weighted by Crippen LogP contribution is -2.49. The van der Waals surface area contributed by atoms with Crippen LogP contribution < -0.4 is 14.8 Å². The minimum Gasteiger partial charge on any atom is -0.497 e. The van der Waals surface area contributed by atoms with Crippen molar-refractivity contribution >= 4 is 11.8 Å². The number of nitrogens with zero attached hydrogens (tertiary/aromatic N) is 1. The summed E-state index contributed by atoms with van der Waals surface area (Å²) in [5.74, 6) is 0.939. The molecule has 0 aromatic heterocycles. The highest BCUT2D eigenvalue weighted by Gasteiger charge is 2.28. The number of hydrogen-bond donors (Lipinski definition) is 1. The molecule has 0 radical (unpaired) electrons. The summed E-state index contributed by atoms with van der Waals surface area (Å²) in [7, 11) is 3.18. The normalized spacial score (nSPS) is 11.4. The van der Waals surface area contributed by atoms with Gasteiger partial charge in [-0.25, -0.2) is 0 Å². The fourth-order valence-electron chi connectivity index (χ4n) is 3.06. The third-order valence-electron chi connectivity index (χ3n) is 4.84. The highest BCUT2D eigenvalue weighted by atomic mass is 16.5. The summed E-state index contributed by atoms with van der Waals surface area (Å²) in [4.78, 5) is 26.9. The van der Waals surface area contributed by atoms with E-state index in [1.807, 2.05) is 55.5 Å². The maximum absolute atomic E-state index is 13.0. The molecule has 1 N–H and O–H groups in total. The molecule has 0 aliphatic rings. The molecule has 0 saturated heterocycles. The molecule has 156 valence electrons. The van der Waals surface area contributed by atoms with Gasteiger partial charge < -0.3 is 19.7 Å². The van der Waals surface area contributed by atoms with Gasteiger partial charge >= 0.3 is 0 Å². The summed E-state index contributed by atoms with van der Waals surface area (Å²) in [5.41, 5.74) is 2.12. The number of carbonyl (C=O) groups is 2. The van der Waals surface area contributed by atoms with Crippen molar-refractivity contribution in [1.29, 1.82) is 0 Å². The number of rotatable bonds is 10. The summed E-state index contributed by atoms with van der Waals surface area (Å²) in [6.07, 6.45) is 1.45. The molecule has 0 fully saturated rings. The number of aryl methyl sites for hydroxylation is 1. The molecule has 0 saturated carbocycles. The van der Waals surface area contributed by atoms with Gasteiger partial charge in [-0.15, -0.1) is 0 Å². The van der Waals surface area contributed by atoms with Crippen LogP contribution in [0, 0.1) is 0 Å². The summed E-state index contributed by atoms with van der Waals surface area (Å²) in [6, 6.07) is 14.6. The molecule has 2 aromatic carbocycles. The van der Waals surface area contributed by atoms with Crippen LogP contribution in [0.15, 0.2) is 48.5 Å². The van der Waals surface area contributed by atoms with Crippen molar-refractivity contribution < 1.29 is 19.1 Å². The van der Waals surface area contributed by atoms with Crippen LogP contribution in [0.4, 0.5) is 0 Å². The summed E-state index contributed by atoms with van der Waals surface area (Å²) >= 11 is 0. The van der Waals surface area contributed by atoms with Crippen LogP contribution in [-0.4, -0.2) is 43.5 Å². The molecule has 2 rings (SSSR count). The molecule has 2 amide bonds. The standard InChI is InChI=1S/C23H30N2O4/c1-5-17-7-13-20(14-8-17)29-16-22(26)25(21(6-2)23(27)24-3)15-18-9-11-19(28-4)12-10-18/h7-14,21H,5-6,15-16H2,1-4H3,(H,24,27)/t21-/m0/s1. The Balaban J connectivity index is 2.15. The van der Waals surface area contributed by atoms with Crippen molar-refractivity contribution in [1.82, 2.24) is 10.2 Å². The van der Waals surface area contributed by atoms with Gasteiger partial charge in [0, 0.05) is 13.6 Å². The Bertz CT molecular complexity index is 788. The van der Waals surface area contributed by atoms with Gasteiger partial charge in [0.25, 0.3) is 5.91 Å². The lowest BCUT2D eigenvalue weighted by atomic mass is 10.1. The predicted molar refractivity (Wildman–Crippen MR) is 113 cm³/mol. The van der Waals surface area contributed by atoms with Crippen LogP contribution in [0.2, 0.25) is 0 Å². The second-order valence-electron chi connectivity index (χ2n) is 6.69. The number of nitrogens with one attached hydrogen (secondary N) is 1. The largest absolute Gasteiger partial charge is 0.497 e. The molecule has 0 aliphatic carbocycles. The molecule has 6 nitrogen and oxygen atoms in total. The number of methoxy groups -OCH3 is 1. The zero-order chi connectivity index (χ0) is 21.2. The maximum Gasteiger partial charge on any atom is 0.261 e. The first-order valence-corrected chi connectivity index (χ1v) is 9.88. The molecule has 0 bridgehead atoms. The summed E-state index contributed by atoms with van der Waals surface area (Å²) in [5, 5.41) is 2.65. The van der Waals surface area contributed by atoms with Crippen molar-refractivity contribution in [2.75, 3.05) is 20.8 Å². The first kappa shape index (κ1) is 22.3. The van der Waals surface area contributed by atoms with Gasteiger partial charge in [-0.3, -0.25) is 9.59 Å². The average molecular weight is 399 g/mol. The fraction of sp³-hybridized carbons (Fsp3) is 0.391. The van der Waals surface area contributed by atoms with E-state index in [9.17, 15) is 9.59 Å². The lowest BCUT2D eigenvalue weighted by Gasteiger charge is -2.30. The first-order valence-electron chi connectivity index (χ1n) is 9.88. The van der Waals surface area contributed by atoms with E-state index >= 15 is 0 Å². The molecule has 6 heteroatoms. The SMILES string of the molecule is CCc1ccc(OCC(=O)N(Cc2ccc(OC)cc2)[C@@H](CC)C(=O)NC)cc1. The molecule has 0 aliphatic heterocycles. The molecule has 0 spiro atoms. The summed E-state index contributed by atoms with van der Waals surface area (Å²) < 4.78 is 10.9. The predicted octanol–water partition coefficient (Wildman–Crippen LogP) is 3.19. The van der Waals surface area contributed by atoms with Crippen molar-refractivity contribution in [3.05, 3.63) is 59.7 Å². The van der Waals surface area contributed by atoms with Crippen LogP contribution in [0.25, 0.3) is 0 Å². The van der Waals surface area contributed by atoms with Gasteiger partial charge in [-0.2, -0.15) is 0 Å². The van der Waals surface area contributed by atoms with E-state index in [0.29, 0.717) is 18.7 Å². The molecule has 0 heterocycles. The fourth-order valence-corrected chi connectivity index (χ4v) is 3.06. The van der Waals surface area contributed by atoms with E-state index in [1.165, 1.54) is 5.56 Å². The number of carbonyl (C=O) groups excluding carboxylic acids is 2. The van der Waals surface area contributed by atoms with Gasteiger partial charge in [-0.1, -0.05) is 38.1 Å². The molecule has 2 aromatic rings. The summed E-state index contributed by atoms with van der Waals surface area (Å²) in [6.45, 7) is 4.15. The Kier molecular flexibility index (Phi) is 8.52. The number of amides is 2.